The van der Waals surface area contributed by atoms with Crippen molar-refractivity contribution in [3.8, 4) is 0 Å². The first-order valence-corrected chi connectivity index (χ1v) is 7.58. The summed E-state index contributed by atoms with van der Waals surface area (Å²) in [7, 11) is 0. The van der Waals surface area contributed by atoms with Gasteiger partial charge in [-0.05, 0) is 68.7 Å². The molecule has 0 aliphatic heterocycles. The van der Waals surface area contributed by atoms with E-state index in [-0.39, 0.29) is 0 Å². The smallest absolute Gasteiger partial charge is 0.00699 e. The molecule has 0 spiro atoms. The van der Waals surface area contributed by atoms with Gasteiger partial charge < -0.3 is 5.32 Å². The summed E-state index contributed by atoms with van der Waals surface area (Å²) in [4.78, 5) is 0. The summed E-state index contributed by atoms with van der Waals surface area (Å²) in [5.41, 5.74) is 0. The minimum Gasteiger partial charge on any atom is -0.314 e. The van der Waals surface area contributed by atoms with E-state index in [2.05, 4.69) is 12.2 Å². The van der Waals surface area contributed by atoms with Crippen molar-refractivity contribution in [2.75, 3.05) is 6.54 Å². The van der Waals surface area contributed by atoms with Gasteiger partial charge in [-0.1, -0.05) is 19.8 Å². The van der Waals surface area contributed by atoms with Crippen LogP contribution in [0.4, 0.5) is 0 Å². The summed E-state index contributed by atoms with van der Waals surface area (Å²) >= 11 is 0. The van der Waals surface area contributed by atoms with Crippen LogP contribution < -0.4 is 5.32 Å². The molecule has 1 heteroatoms. The topological polar surface area (TPSA) is 12.0 Å². The van der Waals surface area contributed by atoms with Gasteiger partial charge in [0.05, 0.1) is 0 Å². The second-order valence-corrected chi connectivity index (χ2v) is 6.63. The molecule has 0 aromatic heterocycles. The zero-order valence-electron chi connectivity index (χ0n) is 10.8. The molecule has 2 bridgehead atoms. The molecule has 5 unspecified atom stereocenters. The molecule has 0 radical (unpaired) electrons. The van der Waals surface area contributed by atoms with E-state index in [1.165, 1.54) is 32.2 Å². The van der Waals surface area contributed by atoms with E-state index in [1.54, 1.807) is 25.7 Å². The molecular weight excluding hydrogens is 194 g/mol. The zero-order valence-corrected chi connectivity index (χ0v) is 10.8. The quantitative estimate of drug-likeness (QED) is 0.765. The number of hydrogen-bond acceptors (Lipinski definition) is 1. The van der Waals surface area contributed by atoms with Crippen LogP contribution in [0.5, 0.6) is 0 Å². The lowest BCUT2D eigenvalue weighted by atomic mass is 9.88. The molecule has 3 rings (SSSR count). The Hall–Kier alpha value is -0.0400. The Balaban J connectivity index is 1.40. The van der Waals surface area contributed by atoms with Gasteiger partial charge in [0.25, 0.3) is 0 Å². The van der Waals surface area contributed by atoms with Gasteiger partial charge in [0.2, 0.25) is 0 Å². The largest absolute Gasteiger partial charge is 0.314 e. The third-order valence-corrected chi connectivity index (χ3v) is 5.67. The Bertz CT molecular complexity index is 238. The monoisotopic (exact) mass is 221 g/mol. The minimum atomic E-state index is 0.865. The first-order valence-electron chi connectivity index (χ1n) is 7.58. The van der Waals surface area contributed by atoms with Crippen molar-refractivity contribution in [2.45, 2.75) is 64.3 Å². The molecule has 3 fully saturated rings. The molecular formula is C15H27N. The highest BCUT2D eigenvalue weighted by Crippen LogP contribution is 2.48. The second kappa shape index (κ2) is 4.68. The first-order chi connectivity index (χ1) is 7.85. The molecule has 3 aliphatic rings. The van der Waals surface area contributed by atoms with Gasteiger partial charge in [-0.15, -0.1) is 0 Å². The summed E-state index contributed by atoms with van der Waals surface area (Å²) in [6, 6.07) is 0.865. The molecule has 16 heavy (non-hydrogen) atoms. The summed E-state index contributed by atoms with van der Waals surface area (Å²) in [5.74, 6) is 4.28. The van der Waals surface area contributed by atoms with Crippen molar-refractivity contribution in [1.82, 2.24) is 5.32 Å². The summed E-state index contributed by atoms with van der Waals surface area (Å²) in [6.45, 7) is 3.69. The predicted octanol–water partition coefficient (Wildman–Crippen LogP) is 3.59. The van der Waals surface area contributed by atoms with Crippen LogP contribution in [0, 0.1) is 23.7 Å². The highest BCUT2D eigenvalue weighted by molar-refractivity contribution is 4.91. The van der Waals surface area contributed by atoms with E-state index in [9.17, 15) is 0 Å². The third-order valence-electron chi connectivity index (χ3n) is 5.67. The van der Waals surface area contributed by atoms with Crippen molar-refractivity contribution in [3.63, 3.8) is 0 Å². The van der Waals surface area contributed by atoms with Crippen LogP contribution in [0.2, 0.25) is 0 Å². The Morgan fingerprint density at radius 3 is 2.56 bits per heavy atom. The van der Waals surface area contributed by atoms with Crippen LogP contribution in [0.3, 0.4) is 0 Å². The van der Waals surface area contributed by atoms with Crippen LogP contribution in [-0.2, 0) is 0 Å². The van der Waals surface area contributed by atoms with Crippen LogP contribution in [0.15, 0.2) is 0 Å². The second-order valence-electron chi connectivity index (χ2n) is 6.63. The molecule has 3 saturated carbocycles. The van der Waals surface area contributed by atoms with E-state index in [4.69, 9.17) is 0 Å². The molecule has 3 aliphatic carbocycles. The van der Waals surface area contributed by atoms with Crippen molar-refractivity contribution in [2.24, 2.45) is 23.7 Å². The normalized spacial score (nSPS) is 46.7. The lowest BCUT2D eigenvalue weighted by molar-refractivity contribution is 0.304. The highest BCUT2D eigenvalue weighted by atomic mass is 14.9. The molecule has 5 atom stereocenters. The van der Waals surface area contributed by atoms with Crippen LogP contribution >= 0.6 is 0 Å². The Morgan fingerprint density at radius 1 is 1.00 bits per heavy atom. The minimum absolute atomic E-state index is 0.865. The molecule has 0 saturated heterocycles. The SMILES string of the molecule is CCC1CCC(NCC2CC3CCC2C3)C1. The van der Waals surface area contributed by atoms with Crippen molar-refractivity contribution >= 4 is 0 Å². The maximum Gasteiger partial charge on any atom is 0.00699 e. The fraction of sp³-hybridized carbons (Fsp3) is 1.00. The molecule has 0 aromatic carbocycles. The maximum atomic E-state index is 3.87. The molecule has 0 heterocycles. The fourth-order valence-electron chi connectivity index (χ4n) is 4.58. The van der Waals surface area contributed by atoms with Gasteiger partial charge in [0.1, 0.15) is 0 Å². The number of nitrogens with one attached hydrogen (secondary N) is 1. The Labute approximate surface area is 100 Å². The molecule has 0 aromatic rings. The number of hydrogen-bond donors (Lipinski definition) is 1. The fourth-order valence-corrected chi connectivity index (χ4v) is 4.58. The molecule has 1 nitrogen and oxygen atoms in total. The number of rotatable bonds is 4. The summed E-state index contributed by atoms with van der Waals surface area (Å²) in [5, 5.41) is 3.87. The molecule has 1 N–H and O–H groups in total. The van der Waals surface area contributed by atoms with E-state index in [0.29, 0.717) is 0 Å². The van der Waals surface area contributed by atoms with E-state index in [1.807, 2.05) is 0 Å². The van der Waals surface area contributed by atoms with Crippen molar-refractivity contribution in [3.05, 3.63) is 0 Å². The lowest BCUT2D eigenvalue weighted by Crippen LogP contribution is -2.33. The maximum absolute atomic E-state index is 3.87. The number of fused-ring (bicyclic) bond motifs is 2. The van der Waals surface area contributed by atoms with Gasteiger partial charge in [-0.25, -0.2) is 0 Å². The average molecular weight is 221 g/mol. The van der Waals surface area contributed by atoms with Gasteiger partial charge >= 0.3 is 0 Å². The zero-order chi connectivity index (χ0) is 11.0. The summed E-state index contributed by atoms with van der Waals surface area (Å²) < 4.78 is 0. The summed E-state index contributed by atoms with van der Waals surface area (Å²) in [6.07, 6.45) is 12.0. The van der Waals surface area contributed by atoms with Crippen molar-refractivity contribution in [1.29, 1.82) is 0 Å². The van der Waals surface area contributed by atoms with Gasteiger partial charge in [0, 0.05) is 6.04 Å². The first kappa shape index (κ1) is 11.1. The van der Waals surface area contributed by atoms with Gasteiger partial charge in [0.15, 0.2) is 0 Å². The van der Waals surface area contributed by atoms with E-state index in [0.717, 1.165) is 29.7 Å². The highest BCUT2D eigenvalue weighted by Gasteiger charge is 2.39. The van der Waals surface area contributed by atoms with Gasteiger partial charge in [-0.2, -0.15) is 0 Å². The standard InChI is InChI=1S/C15H27N/c1-2-11-4-6-15(9-11)16-10-14-8-12-3-5-13(14)7-12/h11-16H,2-10H2,1H3. The van der Waals surface area contributed by atoms with E-state index >= 15 is 0 Å². The third kappa shape index (κ3) is 2.16. The average Bonchev–Trinajstić information content (AvgIpc) is 3.02. The van der Waals surface area contributed by atoms with Crippen LogP contribution in [0.1, 0.15) is 58.3 Å². The molecule has 0 amide bonds. The Morgan fingerprint density at radius 2 is 1.94 bits per heavy atom. The van der Waals surface area contributed by atoms with E-state index < -0.39 is 0 Å². The van der Waals surface area contributed by atoms with Crippen LogP contribution in [-0.4, -0.2) is 12.6 Å². The molecule has 92 valence electrons. The Kier molecular flexibility index (Phi) is 3.24. The lowest BCUT2D eigenvalue weighted by Gasteiger charge is -2.24. The van der Waals surface area contributed by atoms with Crippen molar-refractivity contribution < 1.29 is 0 Å². The van der Waals surface area contributed by atoms with Crippen LogP contribution in [0.25, 0.3) is 0 Å². The predicted molar refractivity (Wildman–Crippen MR) is 68.4 cm³/mol. The van der Waals surface area contributed by atoms with Gasteiger partial charge in [-0.3, -0.25) is 0 Å².